The number of aromatic nitrogens is 2. The zero-order chi connectivity index (χ0) is 52.7. The minimum Gasteiger partial charge on any atom is -0.464 e. The number of pyridine rings is 1. The number of ether oxygens (including phenoxy) is 3. The maximum absolute atomic E-state index is 15.0. The number of carbonyl (C=O) groups is 5. The third-order valence-corrected chi connectivity index (χ3v) is 16.5. The number of aryl methyl sites for hydroxylation is 1. The Bertz CT molecular complexity index is 2890. The van der Waals surface area contributed by atoms with E-state index in [2.05, 4.69) is 99.5 Å². The van der Waals surface area contributed by atoms with Crippen LogP contribution < -0.4 is 10.7 Å². The molecule has 0 unspecified atom stereocenters. The predicted molar refractivity (Wildman–Crippen MR) is 282 cm³/mol. The van der Waals surface area contributed by atoms with Crippen LogP contribution in [-0.2, 0) is 57.6 Å². The smallest absolute Gasteiger partial charge is 0.323 e. The Morgan fingerprint density at radius 2 is 1.78 bits per heavy atom. The van der Waals surface area contributed by atoms with Gasteiger partial charge in [0.15, 0.2) is 0 Å². The van der Waals surface area contributed by atoms with Gasteiger partial charge < -0.3 is 33.9 Å². The fraction of sp³-hybridized carbons (Fsp3) is 0.544. The van der Waals surface area contributed by atoms with E-state index >= 15 is 4.79 Å². The Kier molecular flexibility index (Phi) is 15.3. The van der Waals surface area contributed by atoms with Gasteiger partial charge in [-0.15, -0.1) is 0 Å². The summed E-state index contributed by atoms with van der Waals surface area (Å²) in [5.74, 6) is 3.63. The number of morpholine rings is 1. The first-order chi connectivity index (χ1) is 35.4. The molecule has 7 heterocycles. The quantitative estimate of drug-likeness (QED) is 0.138. The van der Waals surface area contributed by atoms with E-state index in [1.807, 2.05) is 46.0 Å². The van der Waals surface area contributed by atoms with Crippen LogP contribution in [0.4, 0.5) is 0 Å². The van der Waals surface area contributed by atoms with Crippen molar-refractivity contribution in [1.29, 1.82) is 0 Å². The molecule has 4 amide bonds. The molecule has 4 aromatic rings. The number of likely N-dealkylation sites (tertiary alicyclic amines) is 2. The lowest BCUT2D eigenvalue weighted by molar-refractivity contribution is -0.158. The molecule has 5 aliphatic heterocycles. The molecule has 2 N–H and O–H groups in total. The summed E-state index contributed by atoms with van der Waals surface area (Å²) in [7, 11) is 7.40. The second kappa shape index (κ2) is 21.4. The molecule has 3 radical (unpaired) electrons. The summed E-state index contributed by atoms with van der Waals surface area (Å²) in [4.78, 5) is 82.5. The van der Waals surface area contributed by atoms with Crippen molar-refractivity contribution in [3.63, 3.8) is 0 Å². The molecule has 2 aromatic carbocycles. The van der Waals surface area contributed by atoms with Crippen molar-refractivity contribution in [1.82, 2.24) is 40.0 Å². The number of methoxy groups -OCH3 is 1. The Morgan fingerprint density at radius 1 is 1.00 bits per heavy atom. The van der Waals surface area contributed by atoms with Gasteiger partial charge in [-0.3, -0.25) is 38.9 Å². The molecule has 17 heteroatoms. The number of hydrazine groups is 1. The molecule has 4 fully saturated rings. The highest BCUT2D eigenvalue weighted by Crippen LogP contribution is 2.44. The second-order valence-corrected chi connectivity index (χ2v) is 23.0. The van der Waals surface area contributed by atoms with Gasteiger partial charge in [-0.2, -0.15) is 0 Å². The van der Waals surface area contributed by atoms with Gasteiger partial charge in [0, 0.05) is 80.9 Å². The summed E-state index contributed by atoms with van der Waals surface area (Å²) in [5.41, 5.74) is 9.53. The van der Waals surface area contributed by atoms with E-state index in [0.29, 0.717) is 65.0 Å². The number of nitrogens with zero attached hydrogens (tertiary/aromatic N) is 6. The van der Waals surface area contributed by atoms with Gasteiger partial charge in [0.05, 0.1) is 59.0 Å². The molecule has 9 rings (SSSR count). The number of likely N-dealkylation sites (N-methyl/N-ethyl adjacent to an activating group) is 1. The van der Waals surface area contributed by atoms with E-state index in [-0.39, 0.29) is 56.0 Å². The van der Waals surface area contributed by atoms with Crippen molar-refractivity contribution in [2.24, 2.45) is 16.7 Å². The summed E-state index contributed by atoms with van der Waals surface area (Å²) in [6.07, 6.45) is 4.00. The average molecular weight is 1020 g/mol. The fourth-order valence-electron chi connectivity index (χ4n) is 11.7. The number of rotatable bonds is 8. The van der Waals surface area contributed by atoms with Crippen LogP contribution in [0.5, 0.6) is 0 Å². The van der Waals surface area contributed by atoms with Crippen LogP contribution in [0.2, 0.25) is 0 Å². The molecule has 6 bridgehead atoms. The molecule has 1 spiro atoms. The topological polar surface area (TPSA) is 168 Å². The minimum absolute atomic E-state index is 0.0876. The molecule has 4 saturated heterocycles. The summed E-state index contributed by atoms with van der Waals surface area (Å²) < 4.78 is 20.0. The van der Waals surface area contributed by atoms with Crippen molar-refractivity contribution in [2.45, 2.75) is 116 Å². The highest BCUT2D eigenvalue weighted by Gasteiger charge is 2.54. The van der Waals surface area contributed by atoms with Gasteiger partial charge in [0.1, 0.15) is 17.2 Å². The van der Waals surface area contributed by atoms with Crippen LogP contribution >= 0.6 is 0 Å². The van der Waals surface area contributed by atoms with Crippen molar-refractivity contribution >= 4 is 50.7 Å². The Labute approximate surface area is 438 Å². The minimum atomic E-state index is -1.43. The number of carbonyl (C=O) groups excluding carboxylic acids is 5. The number of benzene rings is 2. The van der Waals surface area contributed by atoms with Crippen LogP contribution in [0.15, 0.2) is 60.8 Å². The van der Waals surface area contributed by atoms with Crippen LogP contribution in [0, 0.1) is 28.6 Å². The first-order valence-corrected chi connectivity index (χ1v) is 26.8. The molecule has 16 nitrogen and oxygen atoms in total. The van der Waals surface area contributed by atoms with Gasteiger partial charge in [-0.05, 0) is 111 Å². The van der Waals surface area contributed by atoms with E-state index in [9.17, 15) is 19.2 Å². The zero-order valence-corrected chi connectivity index (χ0v) is 45.2. The van der Waals surface area contributed by atoms with Gasteiger partial charge in [-0.1, -0.05) is 63.9 Å². The van der Waals surface area contributed by atoms with E-state index < -0.39 is 45.9 Å². The molecule has 74 heavy (non-hydrogen) atoms. The first kappa shape index (κ1) is 52.9. The van der Waals surface area contributed by atoms with Crippen molar-refractivity contribution in [3.8, 4) is 34.2 Å². The molecule has 6 atom stereocenters. The molecular formula is C57H71N8O8Si. The molecular weight excluding hydrogens is 953 g/mol. The monoisotopic (exact) mass is 1020 g/mol. The number of fused-ring (bicyclic) bond motifs is 6. The average Bonchev–Trinajstić information content (AvgIpc) is 4.06. The zero-order valence-electron chi connectivity index (χ0n) is 44.2. The normalized spacial score (nSPS) is 25.4. The molecule has 5 aliphatic rings. The summed E-state index contributed by atoms with van der Waals surface area (Å²) in [5, 5.41) is 4.18. The van der Waals surface area contributed by atoms with Gasteiger partial charge >= 0.3 is 5.97 Å². The van der Waals surface area contributed by atoms with Gasteiger partial charge in [-0.25, -0.2) is 5.43 Å². The molecule has 0 saturated carbocycles. The van der Waals surface area contributed by atoms with Gasteiger partial charge in [0.2, 0.25) is 11.8 Å². The highest BCUT2D eigenvalue weighted by molar-refractivity contribution is 6.27. The third kappa shape index (κ3) is 10.4. The number of cyclic esters (lactones) is 1. The fourth-order valence-corrected chi connectivity index (χ4v) is 12.1. The van der Waals surface area contributed by atoms with Crippen LogP contribution in [-0.4, -0.2) is 159 Å². The lowest BCUT2D eigenvalue weighted by atomic mass is 9.84. The number of hydrogen-bond acceptors (Lipinski definition) is 11. The lowest BCUT2D eigenvalue weighted by Crippen LogP contribution is -2.67. The van der Waals surface area contributed by atoms with Crippen LogP contribution in [0.3, 0.4) is 0 Å². The Hall–Kier alpha value is -5.90. The SMILES string of the molecule is CCn1c(-c2cccnc2[C@H](C)OC)c2c3cc(ccc31)-c1cccc(c1)C[C@H](NC(=O)[C@H](C(C)C)N1CC[C@]3(CCN(C(=O)C#C[C@@H]4COCCN4C)C3)C1=O)C(=O)N1CCC[C@@]([Si])(N1)C(=O)OCC(C)(C)C2. The third-order valence-electron chi connectivity index (χ3n) is 15.9. The number of hydrogen-bond donors (Lipinski definition) is 2. The first-order valence-electron chi connectivity index (χ1n) is 26.3. The van der Waals surface area contributed by atoms with Crippen LogP contribution in [0.25, 0.3) is 33.3 Å². The summed E-state index contributed by atoms with van der Waals surface area (Å²) in [6, 6.07) is 16.4. The van der Waals surface area contributed by atoms with Gasteiger partial charge in [0.25, 0.3) is 11.8 Å². The second-order valence-electron chi connectivity index (χ2n) is 22.1. The standard InChI is InChI=1S/C57H71N8O8Si/c1-9-63-46-18-16-40-31-43(46)44(50(63)42-15-11-23-58-48(42)37(4)71-8)32-55(5,6)35-73-54(70)57(74)20-12-24-65(60-57)52(68)45(30-38-13-10-14-39(40)29-38)59-51(67)49(36(2)3)64-26-22-56(53(64)69)21-25-62(34-56)47(66)19-17-41-33-72-28-27-61(41)7/h10-11,13-16,18,23,29,31,36-37,41,45,49,60H,9,12,20-22,24-28,30,32-35H2,1-8H3,(H,59,67)/t37-,41+,45-,49-,56-,57-/m0/s1. The van der Waals surface area contributed by atoms with E-state index in [0.717, 1.165) is 56.7 Å². The van der Waals surface area contributed by atoms with E-state index in [1.165, 1.54) is 5.01 Å². The Morgan fingerprint density at radius 3 is 2.54 bits per heavy atom. The molecule has 2 aromatic heterocycles. The summed E-state index contributed by atoms with van der Waals surface area (Å²) >= 11 is 0. The van der Waals surface area contributed by atoms with Crippen molar-refractivity contribution < 1.29 is 38.2 Å². The maximum Gasteiger partial charge on any atom is 0.323 e. The lowest BCUT2D eigenvalue weighted by Gasteiger charge is -2.41. The van der Waals surface area contributed by atoms with E-state index in [1.54, 1.807) is 23.1 Å². The van der Waals surface area contributed by atoms with E-state index in [4.69, 9.17) is 19.2 Å². The molecule has 391 valence electrons. The number of esters is 1. The highest BCUT2D eigenvalue weighted by atomic mass is 28.1. The number of nitrogens with one attached hydrogen (secondary N) is 2. The molecule has 0 aliphatic carbocycles. The predicted octanol–water partition coefficient (Wildman–Crippen LogP) is 5.05. The van der Waals surface area contributed by atoms with Crippen molar-refractivity contribution in [3.05, 3.63) is 77.6 Å². The summed E-state index contributed by atoms with van der Waals surface area (Å²) in [6.45, 7) is 15.9. The Balaban J connectivity index is 1.04. The largest absolute Gasteiger partial charge is 0.464 e. The van der Waals surface area contributed by atoms with Crippen molar-refractivity contribution in [2.75, 3.05) is 66.7 Å². The van der Waals surface area contributed by atoms with Crippen LogP contribution in [0.1, 0.15) is 90.2 Å². The maximum atomic E-state index is 15.0. The number of amides is 4.